The van der Waals surface area contributed by atoms with Gasteiger partial charge in [-0.25, -0.2) is 8.78 Å². The molecule has 0 spiro atoms. The van der Waals surface area contributed by atoms with Crippen LogP contribution >= 0.6 is 0 Å². The number of carbonyl (C=O) groups is 1. The van der Waals surface area contributed by atoms with Crippen LogP contribution in [0.25, 0.3) is 0 Å². The van der Waals surface area contributed by atoms with Gasteiger partial charge in [0.25, 0.3) is 0 Å². The monoisotopic (exact) mass is 253 g/mol. The lowest BCUT2D eigenvalue weighted by molar-refractivity contribution is 0.0730. The van der Waals surface area contributed by atoms with Crippen molar-refractivity contribution in [2.75, 3.05) is 13.1 Å². The summed E-state index contributed by atoms with van der Waals surface area (Å²) >= 11 is 0. The number of rotatable bonds is 3. The molecule has 0 bridgehead atoms. The van der Waals surface area contributed by atoms with E-state index in [4.69, 9.17) is 0 Å². The minimum absolute atomic E-state index is 0.0407. The first kappa shape index (κ1) is 13.1. The largest absolute Gasteiger partial charge is 0.316 e. The number of ketones is 1. The lowest BCUT2D eigenvalue weighted by Crippen LogP contribution is -2.39. The minimum atomic E-state index is -0.771. The molecule has 0 radical (unpaired) electrons. The maximum Gasteiger partial charge on any atom is 0.176 e. The summed E-state index contributed by atoms with van der Waals surface area (Å²) in [4.78, 5) is 12.5. The maximum atomic E-state index is 13.7. The van der Waals surface area contributed by atoms with Gasteiger partial charge in [-0.1, -0.05) is 19.9 Å². The van der Waals surface area contributed by atoms with E-state index in [9.17, 15) is 13.6 Å². The summed E-state index contributed by atoms with van der Waals surface area (Å²) in [6, 6.07) is 3.54. The van der Waals surface area contributed by atoms with Crippen molar-refractivity contribution in [3.8, 4) is 0 Å². The zero-order valence-corrected chi connectivity index (χ0v) is 10.6. The fourth-order valence-electron chi connectivity index (χ4n) is 2.62. The zero-order valence-electron chi connectivity index (χ0n) is 10.6. The molecule has 4 heteroatoms. The molecule has 1 unspecified atom stereocenters. The molecular weight excluding hydrogens is 236 g/mol. The second kappa shape index (κ2) is 4.76. The average Bonchev–Trinajstić information content (AvgIpc) is 2.78. The second-order valence-corrected chi connectivity index (χ2v) is 5.16. The van der Waals surface area contributed by atoms with Crippen molar-refractivity contribution in [1.82, 2.24) is 5.32 Å². The summed E-state index contributed by atoms with van der Waals surface area (Å²) in [5, 5.41) is 3.12. The molecule has 98 valence electrons. The van der Waals surface area contributed by atoms with Crippen molar-refractivity contribution in [3.63, 3.8) is 0 Å². The molecule has 2 rings (SSSR count). The average molecular weight is 253 g/mol. The van der Waals surface area contributed by atoms with Crippen LogP contribution < -0.4 is 5.32 Å². The SMILES string of the molecule is CC(C)C1(C(=O)c2c(F)cccc2F)CCNC1. The molecule has 18 heavy (non-hydrogen) atoms. The number of nitrogens with one attached hydrogen (secondary N) is 1. The third-order valence-electron chi connectivity index (χ3n) is 3.94. The van der Waals surface area contributed by atoms with E-state index in [1.165, 1.54) is 6.07 Å². The van der Waals surface area contributed by atoms with E-state index >= 15 is 0 Å². The van der Waals surface area contributed by atoms with Gasteiger partial charge < -0.3 is 5.32 Å². The molecule has 0 aliphatic carbocycles. The molecule has 1 aliphatic heterocycles. The van der Waals surface area contributed by atoms with Crippen LogP contribution in [-0.4, -0.2) is 18.9 Å². The topological polar surface area (TPSA) is 29.1 Å². The minimum Gasteiger partial charge on any atom is -0.316 e. The Labute approximate surface area is 105 Å². The Morgan fingerprint density at radius 2 is 1.94 bits per heavy atom. The fraction of sp³-hybridized carbons (Fsp3) is 0.500. The summed E-state index contributed by atoms with van der Waals surface area (Å²) in [6.45, 7) is 5.03. The van der Waals surface area contributed by atoms with Crippen LogP contribution in [-0.2, 0) is 0 Å². The predicted molar refractivity (Wildman–Crippen MR) is 65.4 cm³/mol. The number of carbonyl (C=O) groups excluding carboxylic acids is 1. The molecule has 1 saturated heterocycles. The Hall–Kier alpha value is -1.29. The number of hydrogen-bond donors (Lipinski definition) is 1. The van der Waals surface area contributed by atoms with Gasteiger partial charge in [-0.2, -0.15) is 0 Å². The number of halogens is 2. The van der Waals surface area contributed by atoms with Crippen molar-refractivity contribution in [1.29, 1.82) is 0 Å². The molecule has 2 nitrogen and oxygen atoms in total. The van der Waals surface area contributed by atoms with Gasteiger partial charge in [0, 0.05) is 12.0 Å². The highest BCUT2D eigenvalue weighted by molar-refractivity contribution is 6.01. The second-order valence-electron chi connectivity index (χ2n) is 5.16. The van der Waals surface area contributed by atoms with E-state index < -0.39 is 28.4 Å². The highest BCUT2D eigenvalue weighted by Crippen LogP contribution is 2.38. The summed E-state index contributed by atoms with van der Waals surface area (Å²) in [6.07, 6.45) is 0.622. The molecule has 1 atom stereocenters. The molecule has 1 N–H and O–H groups in total. The fourth-order valence-corrected chi connectivity index (χ4v) is 2.62. The molecule has 1 fully saturated rings. The Kier molecular flexibility index (Phi) is 3.48. The molecular formula is C14H17F2NO. The summed E-state index contributed by atoms with van der Waals surface area (Å²) < 4.78 is 27.4. The first-order chi connectivity index (χ1) is 8.49. The Balaban J connectivity index is 2.47. The van der Waals surface area contributed by atoms with Gasteiger partial charge in [-0.15, -0.1) is 0 Å². The summed E-state index contributed by atoms with van der Waals surface area (Å²) in [5.41, 5.74) is -1.09. The van der Waals surface area contributed by atoms with Gasteiger partial charge >= 0.3 is 0 Å². The molecule has 1 aromatic rings. The summed E-state index contributed by atoms with van der Waals surface area (Å²) in [7, 11) is 0. The van der Waals surface area contributed by atoms with E-state index in [2.05, 4.69) is 5.32 Å². The zero-order chi connectivity index (χ0) is 13.3. The number of Topliss-reactive ketones (excluding diaryl/α,β-unsaturated/α-hetero) is 1. The van der Waals surface area contributed by atoms with Gasteiger partial charge in [0.05, 0.1) is 5.56 Å². The van der Waals surface area contributed by atoms with Crippen LogP contribution in [0, 0.1) is 23.0 Å². The Bertz CT molecular complexity index is 445. The van der Waals surface area contributed by atoms with Crippen molar-refractivity contribution in [2.45, 2.75) is 20.3 Å². The third kappa shape index (κ3) is 1.94. The number of hydrogen-bond acceptors (Lipinski definition) is 2. The van der Waals surface area contributed by atoms with Gasteiger partial charge in [0.2, 0.25) is 0 Å². The van der Waals surface area contributed by atoms with Gasteiger partial charge in [0.1, 0.15) is 11.6 Å². The first-order valence-electron chi connectivity index (χ1n) is 6.18. The normalized spacial score (nSPS) is 23.6. The van der Waals surface area contributed by atoms with Crippen molar-refractivity contribution >= 4 is 5.78 Å². The van der Waals surface area contributed by atoms with Gasteiger partial charge in [0.15, 0.2) is 5.78 Å². The van der Waals surface area contributed by atoms with Crippen LogP contribution in [0.15, 0.2) is 18.2 Å². The smallest absolute Gasteiger partial charge is 0.176 e. The van der Waals surface area contributed by atoms with E-state index in [1.807, 2.05) is 13.8 Å². The number of benzene rings is 1. The van der Waals surface area contributed by atoms with E-state index in [1.54, 1.807) is 0 Å². The summed E-state index contributed by atoms with van der Waals surface area (Å²) in [5.74, 6) is -1.92. The van der Waals surface area contributed by atoms with Crippen LogP contribution in [0.3, 0.4) is 0 Å². The van der Waals surface area contributed by atoms with Crippen molar-refractivity contribution < 1.29 is 13.6 Å². The Morgan fingerprint density at radius 1 is 1.33 bits per heavy atom. The standard InChI is InChI=1S/C14H17F2NO/c1-9(2)14(6-7-17-8-14)13(18)12-10(15)4-3-5-11(12)16/h3-5,9,17H,6-8H2,1-2H3. The van der Waals surface area contributed by atoms with Gasteiger partial charge in [-0.05, 0) is 31.0 Å². The predicted octanol–water partition coefficient (Wildman–Crippen LogP) is 2.78. The van der Waals surface area contributed by atoms with Crippen molar-refractivity contribution in [3.05, 3.63) is 35.4 Å². The molecule has 1 aliphatic rings. The molecule has 0 saturated carbocycles. The quantitative estimate of drug-likeness (QED) is 0.839. The lowest BCUT2D eigenvalue weighted by Gasteiger charge is -2.31. The van der Waals surface area contributed by atoms with Crippen LogP contribution in [0.4, 0.5) is 8.78 Å². The maximum absolute atomic E-state index is 13.7. The first-order valence-corrected chi connectivity index (χ1v) is 6.18. The van der Waals surface area contributed by atoms with Crippen LogP contribution in [0.1, 0.15) is 30.6 Å². The molecule has 1 heterocycles. The van der Waals surface area contributed by atoms with E-state index in [-0.39, 0.29) is 5.92 Å². The molecule has 0 amide bonds. The van der Waals surface area contributed by atoms with Crippen LogP contribution in [0.5, 0.6) is 0 Å². The van der Waals surface area contributed by atoms with E-state index in [0.29, 0.717) is 19.5 Å². The highest BCUT2D eigenvalue weighted by atomic mass is 19.1. The third-order valence-corrected chi connectivity index (χ3v) is 3.94. The van der Waals surface area contributed by atoms with Crippen LogP contribution in [0.2, 0.25) is 0 Å². The van der Waals surface area contributed by atoms with E-state index in [0.717, 1.165) is 12.1 Å². The molecule has 1 aromatic carbocycles. The van der Waals surface area contributed by atoms with Gasteiger partial charge in [-0.3, -0.25) is 4.79 Å². The highest BCUT2D eigenvalue weighted by Gasteiger charge is 2.45. The van der Waals surface area contributed by atoms with Crippen molar-refractivity contribution in [2.24, 2.45) is 11.3 Å². The lowest BCUT2D eigenvalue weighted by atomic mass is 9.71. The molecule has 0 aromatic heterocycles. The Morgan fingerprint density at radius 3 is 2.39 bits per heavy atom.